The molecule has 1 aliphatic rings. The standard InChI is InChI=1S/C12H18N2O3/c1-16-7-6-14(9-2-3-9)12(15)11-5-4-10(8-13)17-11/h4-5,9H,2-3,6-8,13H2,1H3. The van der Waals surface area contributed by atoms with Crippen LogP contribution in [-0.4, -0.2) is 37.1 Å². The van der Waals surface area contributed by atoms with Gasteiger partial charge in [0.15, 0.2) is 5.76 Å². The van der Waals surface area contributed by atoms with Gasteiger partial charge in [0.1, 0.15) is 5.76 Å². The van der Waals surface area contributed by atoms with Gasteiger partial charge in [-0.05, 0) is 25.0 Å². The Labute approximate surface area is 101 Å². The van der Waals surface area contributed by atoms with Gasteiger partial charge in [-0.3, -0.25) is 4.79 Å². The predicted molar refractivity (Wildman–Crippen MR) is 62.5 cm³/mol. The Balaban J connectivity index is 2.04. The van der Waals surface area contributed by atoms with Crippen LogP contribution >= 0.6 is 0 Å². The molecule has 1 aromatic rings. The van der Waals surface area contributed by atoms with E-state index < -0.39 is 0 Å². The second-order valence-corrected chi connectivity index (χ2v) is 4.19. The molecule has 1 amide bonds. The van der Waals surface area contributed by atoms with Gasteiger partial charge in [0.2, 0.25) is 0 Å². The number of ether oxygens (including phenoxy) is 1. The first-order valence-corrected chi connectivity index (χ1v) is 5.85. The summed E-state index contributed by atoms with van der Waals surface area (Å²) in [5.41, 5.74) is 5.45. The topological polar surface area (TPSA) is 68.7 Å². The number of nitrogens with zero attached hydrogens (tertiary/aromatic N) is 1. The van der Waals surface area contributed by atoms with Gasteiger partial charge in [0.05, 0.1) is 13.2 Å². The van der Waals surface area contributed by atoms with Crippen LogP contribution in [0.25, 0.3) is 0 Å². The van der Waals surface area contributed by atoms with E-state index in [9.17, 15) is 4.79 Å². The molecule has 0 bridgehead atoms. The van der Waals surface area contributed by atoms with Gasteiger partial charge in [-0.1, -0.05) is 0 Å². The average Bonchev–Trinajstić information content (AvgIpc) is 3.06. The monoisotopic (exact) mass is 238 g/mol. The molecular weight excluding hydrogens is 220 g/mol. The van der Waals surface area contributed by atoms with Gasteiger partial charge in [-0.25, -0.2) is 0 Å². The van der Waals surface area contributed by atoms with Crippen molar-refractivity contribution in [3.63, 3.8) is 0 Å². The summed E-state index contributed by atoms with van der Waals surface area (Å²) in [7, 11) is 1.63. The lowest BCUT2D eigenvalue weighted by Gasteiger charge is -2.20. The average molecular weight is 238 g/mol. The Hall–Kier alpha value is -1.33. The van der Waals surface area contributed by atoms with E-state index in [-0.39, 0.29) is 5.91 Å². The third-order valence-corrected chi connectivity index (χ3v) is 2.86. The van der Waals surface area contributed by atoms with E-state index >= 15 is 0 Å². The molecule has 1 fully saturated rings. The molecule has 0 radical (unpaired) electrons. The fraction of sp³-hybridized carbons (Fsp3) is 0.583. The van der Waals surface area contributed by atoms with Crippen molar-refractivity contribution in [3.8, 4) is 0 Å². The summed E-state index contributed by atoms with van der Waals surface area (Å²) >= 11 is 0. The van der Waals surface area contributed by atoms with Crippen LogP contribution < -0.4 is 5.73 Å². The Kier molecular flexibility index (Phi) is 3.81. The van der Waals surface area contributed by atoms with Gasteiger partial charge in [0, 0.05) is 19.7 Å². The minimum Gasteiger partial charge on any atom is -0.455 e. The lowest BCUT2D eigenvalue weighted by Crippen LogP contribution is -2.35. The van der Waals surface area contributed by atoms with E-state index in [0.29, 0.717) is 37.3 Å². The van der Waals surface area contributed by atoms with E-state index in [2.05, 4.69) is 0 Å². The highest BCUT2D eigenvalue weighted by molar-refractivity contribution is 5.92. The van der Waals surface area contributed by atoms with Crippen LogP contribution in [0.15, 0.2) is 16.5 Å². The minimum absolute atomic E-state index is 0.0655. The number of nitrogens with two attached hydrogens (primary N) is 1. The van der Waals surface area contributed by atoms with Crippen molar-refractivity contribution in [2.24, 2.45) is 5.73 Å². The third-order valence-electron chi connectivity index (χ3n) is 2.86. The second kappa shape index (κ2) is 5.33. The quantitative estimate of drug-likeness (QED) is 0.802. The number of amides is 1. The van der Waals surface area contributed by atoms with E-state index in [4.69, 9.17) is 14.9 Å². The van der Waals surface area contributed by atoms with Crippen LogP contribution in [0.4, 0.5) is 0 Å². The number of methoxy groups -OCH3 is 1. The molecule has 0 saturated heterocycles. The maximum Gasteiger partial charge on any atom is 0.289 e. The van der Waals surface area contributed by atoms with Gasteiger partial charge in [0.25, 0.3) is 5.91 Å². The molecule has 2 N–H and O–H groups in total. The highest BCUT2D eigenvalue weighted by Crippen LogP contribution is 2.28. The molecule has 1 saturated carbocycles. The van der Waals surface area contributed by atoms with Crippen molar-refractivity contribution in [1.29, 1.82) is 0 Å². The van der Waals surface area contributed by atoms with Gasteiger partial charge < -0.3 is 19.8 Å². The van der Waals surface area contributed by atoms with Gasteiger partial charge >= 0.3 is 0 Å². The van der Waals surface area contributed by atoms with E-state index in [0.717, 1.165) is 12.8 Å². The second-order valence-electron chi connectivity index (χ2n) is 4.19. The van der Waals surface area contributed by atoms with Crippen molar-refractivity contribution in [2.45, 2.75) is 25.4 Å². The van der Waals surface area contributed by atoms with Gasteiger partial charge in [-0.2, -0.15) is 0 Å². The molecule has 5 nitrogen and oxygen atoms in total. The summed E-state index contributed by atoms with van der Waals surface area (Å²) in [6.45, 7) is 1.47. The largest absolute Gasteiger partial charge is 0.455 e. The Morgan fingerprint density at radius 1 is 1.59 bits per heavy atom. The summed E-state index contributed by atoms with van der Waals surface area (Å²) in [4.78, 5) is 14.0. The van der Waals surface area contributed by atoms with Crippen LogP contribution in [0.2, 0.25) is 0 Å². The summed E-state index contributed by atoms with van der Waals surface area (Å²) in [6, 6.07) is 3.78. The number of rotatable bonds is 6. The molecule has 0 spiro atoms. The molecule has 1 heterocycles. The van der Waals surface area contributed by atoms with Crippen LogP contribution in [0, 0.1) is 0 Å². The summed E-state index contributed by atoms with van der Waals surface area (Å²) in [5.74, 6) is 0.938. The highest BCUT2D eigenvalue weighted by Gasteiger charge is 2.33. The maximum absolute atomic E-state index is 12.2. The van der Waals surface area contributed by atoms with Crippen LogP contribution in [-0.2, 0) is 11.3 Å². The summed E-state index contributed by atoms with van der Waals surface area (Å²) < 4.78 is 10.4. The first-order valence-electron chi connectivity index (χ1n) is 5.85. The predicted octanol–water partition coefficient (Wildman–Crippen LogP) is 0.989. The van der Waals surface area contributed by atoms with Crippen molar-refractivity contribution in [1.82, 2.24) is 4.90 Å². The fourth-order valence-corrected chi connectivity index (χ4v) is 1.77. The third kappa shape index (κ3) is 2.87. The van der Waals surface area contributed by atoms with E-state index in [1.165, 1.54) is 0 Å². The van der Waals surface area contributed by atoms with E-state index in [1.807, 2.05) is 4.90 Å². The lowest BCUT2D eigenvalue weighted by molar-refractivity contribution is 0.0647. The zero-order chi connectivity index (χ0) is 12.3. The number of carbonyl (C=O) groups excluding carboxylic acids is 1. The number of hydrogen-bond donors (Lipinski definition) is 1. The van der Waals surface area contributed by atoms with Gasteiger partial charge in [-0.15, -0.1) is 0 Å². The zero-order valence-corrected chi connectivity index (χ0v) is 10.0. The molecular formula is C12H18N2O3. The molecule has 17 heavy (non-hydrogen) atoms. The fourth-order valence-electron chi connectivity index (χ4n) is 1.77. The Bertz CT molecular complexity index is 385. The highest BCUT2D eigenvalue weighted by atomic mass is 16.5. The molecule has 0 aliphatic heterocycles. The molecule has 0 unspecified atom stereocenters. The smallest absolute Gasteiger partial charge is 0.289 e. The SMILES string of the molecule is COCCN(C(=O)c1ccc(CN)o1)C1CC1. The molecule has 0 aromatic carbocycles. The van der Waals surface area contributed by atoms with Crippen LogP contribution in [0.5, 0.6) is 0 Å². The first-order chi connectivity index (χ1) is 8.26. The summed E-state index contributed by atoms with van der Waals surface area (Å²) in [6.07, 6.45) is 2.14. The zero-order valence-electron chi connectivity index (χ0n) is 10.0. The molecule has 1 aromatic heterocycles. The van der Waals surface area contributed by atoms with Crippen LogP contribution in [0.1, 0.15) is 29.2 Å². The number of furan rings is 1. The minimum atomic E-state index is -0.0655. The Morgan fingerprint density at radius 2 is 2.35 bits per heavy atom. The molecule has 5 heteroatoms. The Morgan fingerprint density at radius 3 is 2.88 bits per heavy atom. The normalized spacial score (nSPS) is 14.9. The molecule has 2 rings (SSSR count). The van der Waals surface area contributed by atoms with Crippen molar-refractivity contribution < 1.29 is 13.9 Å². The molecule has 94 valence electrons. The first kappa shape index (κ1) is 12.1. The van der Waals surface area contributed by atoms with Crippen molar-refractivity contribution in [2.75, 3.05) is 20.3 Å². The number of carbonyl (C=O) groups is 1. The lowest BCUT2D eigenvalue weighted by atomic mass is 10.3. The maximum atomic E-state index is 12.2. The summed E-state index contributed by atoms with van der Waals surface area (Å²) in [5, 5.41) is 0. The van der Waals surface area contributed by atoms with Crippen LogP contribution in [0.3, 0.4) is 0 Å². The van der Waals surface area contributed by atoms with E-state index in [1.54, 1.807) is 19.2 Å². The number of hydrogen-bond acceptors (Lipinski definition) is 4. The van der Waals surface area contributed by atoms with Crippen molar-refractivity contribution in [3.05, 3.63) is 23.7 Å². The van der Waals surface area contributed by atoms with Crippen molar-refractivity contribution >= 4 is 5.91 Å². The molecule has 0 atom stereocenters. The molecule has 1 aliphatic carbocycles.